The maximum absolute atomic E-state index is 11.9. The minimum absolute atomic E-state index is 0.117. The summed E-state index contributed by atoms with van der Waals surface area (Å²) >= 11 is 0. The molecule has 4 aliphatic carbocycles. The molecule has 24 heavy (non-hydrogen) atoms. The monoisotopic (exact) mass is 330 g/mol. The molecule has 0 heterocycles. The van der Waals surface area contributed by atoms with Crippen molar-refractivity contribution in [3.63, 3.8) is 0 Å². The van der Waals surface area contributed by atoms with E-state index < -0.39 is 5.60 Å². The van der Waals surface area contributed by atoms with E-state index in [0.717, 1.165) is 50.4 Å². The molecule has 2 heteroatoms. The maximum atomic E-state index is 11.9. The van der Waals surface area contributed by atoms with E-state index in [1.807, 2.05) is 6.08 Å². The predicted octanol–water partition coefficient (Wildman–Crippen LogP) is 5.05. The molecule has 6 atom stereocenters. The molecule has 134 valence electrons. The van der Waals surface area contributed by atoms with Crippen LogP contribution in [0.4, 0.5) is 0 Å². The number of allylic oxidation sites excluding steroid dienone is 1. The minimum atomic E-state index is -0.434. The second kappa shape index (κ2) is 5.43. The van der Waals surface area contributed by atoms with Crippen molar-refractivity contribution in [2.75, 3.05) is 0 Å². The Balaban J connectivity index is 1.66. The number of rotatable bonds is 2. The number of ketones is 1. The molecule has 0 aromatic rings. The molecular formula is C22H34O2. The van der Waals surface area contributed by atoms with Crippen molar-refractivity contribution >= 4 is 5.78 Å². The Morgan fingerprint density at radius 2 is 1.83 bits per heavy atom. The summed E-state index contributed by atoms with van der Waals surface area (Å²) in [4.78, 5) is 11.9. The SMILES string of the molecule is CCC[C@]1(O)CC[C@H]2C3CCC4=CC(=O)CCC4(C)[C@H]3CCC21C. The number of hydrogen-bond acceptors (Lipinski definition) is 2. The van der Waals surface area contributed by atoms with Gasteiger partial charge >= 0.3 is 0 Å². The second-order valence-corrected chi connectivity index (χ2v) is 9.75. The highest BCUT2D eigenvalue weighted by Crippen LogP contribution is 2.68. The highest BCUT2D eigenvalue weighted by Gasteiger charge is 2.63. The Hall–Kier alpha value is -0.630. The summed E-state index contributed by atoms with van der Waals surface area (Å²) in [5, 5.41) is 11.4. The van der Waals surface area contributed by atoms with Gasteiger partial charge in [-0.3, -0.25) is 4.79 Å². The van der Waals surface area contributed by atoms with E-state index in [1.54, 1.807) is 0 Å². The first-order chi connectivity index (χ1) is 11.3. The van der Waals surface area contributed by atoms with E-state index in [1.165, 1.54) is 31.3 Å². The summed E-state index contributed by atoms with van der Waals surface area (Å²) in [6.07, 6.45) is 12.8. The van der Waals surface area contributed by atoms with Gasteiger partial charge in [0.05, 0.1) is 5.60 Å². The summed E-state index contributed by atoms with van der Waals surface area (Å²) in [5.74, 6) is 2.51. The van der Waals surface area contributed by atoms with Gasteiger partial charge in [0.1, 0.15) is 0 Å². The molecule has 0 saturated heterocycles. The van der Waals surface area contributed by atoms with E-state index >= 15 is 0 Å². The Kier molecular flexibility index (Phi) is 3.81. The average molecular weight is 331 g/mol. The largest absolute Gasteiger partial charge is 0.389 e. The van der Waals surface area contributed by atoms with E-state index in [-0.39, 0.29) is 10.8 Å². The molecule has 2 nitrogen and oxygen atoms in total. The Bertz CT molecular complexity index is 579. The third-order valence-corrected chi connectivity index (χ3v) is 8.95. The van der Waals surface area contributed by atoms with E-state index in [4.69, 9.17) is 0 Å². The van der Waals surface area contributed by atoms with Crippen molar-refractivity contribution in [2.45, 2.75) is 90.6 Å². The van der Waals surface area contributed by atoms with Crippen LogP contribution in [-0.4, -0.2) is 16.5 Å². The first kappa shape index (κ1) is 16.8. The summed E-state index contributed by atoms with van der Waals surface area (Å²) in [7, 11) is 0. The first-order valence-electron chi connectivity index (χ1n) is 10.3. The lowest BCUT2D eigenvalue weighted by Crippen LogP contribution is -2.54. The van der Waals surface area contributed by atoms with Crippen molar-refractivity contribution in [1.82, 2.24) is 0 Å². The van der Waals surface area contributed by atoms with Crippen LogP contribution >= 0.6 is 0 Å². The fourth-order valence-electron chi connectivity index (χ4n) is 7.49. The molecule has 0 amide bonds. The molecule has 0 spiro atoms. The van der Waals surface area contributed by atoms with Gasteiger partial charge < -0.3 is 5.11 Å². The van der Waals surface area contributed by atoms with Gasteiger partial charge in [-0.25, -0.2) is 0 Å². The van der Waals surface area contributed by atoms with Crippen molar-refractivity contribution < 1.29 is 9.90 Å². The molecule has 4 aliphatic rings. The Labute approximate surface area is 147 Å². The number of aliphatic hydroxyl groups is 1. The molecule has 1 N–H and O–H groups in total. The van der Waals surface area contributed by atoms with Crippen LogP contribution in [0, 0.1) is 28.6 Å². The molecule has 3 unspecified atom stereocenters. The van der Waals surface area contributed by atoms with Crippen LogP contribution in [0.15, 0.2) is 11.6 Å². The second-order valence-electron chi connectivity index (χ2n) is 9.75. The van der Waals surface area contributed by atoms with Crippen LogP contribution < -0.4 is 0 Å². The van der Waals surface area contributed by atoms with Crippen molar-refractivity contribution in [1.29, 1.82) is 0 Å². The van der Waals surface area contributed by atoms with E-state index in [0.29, 0.717) is 11.7 Å². The molecule has 4 rings (SSSR count). The topological polar surface area (TPSA) is 37.3 Å². The molecule has 0 aromatic carbocycles. The molecule has 0 aromatic heterocycles. The quantitative estimate of drug-likeness (QED) is 0.769. The molecule has 0 aliphatic heterocycles. The lowest BCUT2D eigenvalue weighted by atomic mass is 9.46. The zero-order valence-electron chi connectivity index (χ0n) is 15.7. The van der Waals surface area contributed by atoms with Crippen molar-refractivity contribution in [3.05, 3.63) is 11.6 Å². The maximum Gasteiger partial charge on any atom is 0.155 e. The normalized spacial score (nSPS) is 50.8. The van der Waals surface area contributed by atoms with Crippen molar-refractivity contribution in [3.8, 4) is 0 Å². The van der Waals surface area contributed by atoms with Gasteiger partial charge in [-0.2, -0.15) is 0 Å². The Morgan fingerprint density at radius 3 is 2.58 bits per heavy atom. The van der Waals surface area contributed by atoms with Gasteiger partial charge in [-0.15, -0.1) is 0 Å². The summed E-state index contributed by atoms with van der Waals surface area (Å²) in [6, 6.07) is 0. The van der Waals surface area contributed by atoms with Crippen LogP contribution in [0.1, 0.15) is 85.0 Å². The van der Waals surface area contributed by atoms with E-state index in [2.05, 4.69) is 20.8 Å². The fourth-order valence-corrected chi connectivity index (χ4v) is 7.49. The van der Waals surface area contributed by atoms with Gasteiger partial charge in [0, 0.05) is 6.42 Å². The van der Waals surface area contributed by atoms with Crippen molar-refractivity contribution in [2.24, 2.45) is 28.6 Å². The predicted molar refractivity (Wildman–Crippen MR) is 96.6 cm³/mol. The highest BCUT2D eigenvalue weighted by atomic mass is 16.3. The minimum Gasteiger partial charge on any atom is -0.389 e. The number of carbonyl (C=O) groups excluding carboxylic acids is 1. The highest BCUT2D eigenvalue weighted by molar-refractivity contribution is 5.91. The van der Waals surface area contributed by atoms with Crippen LogP contribution in [0.2, 0.25) is 0 Å². The molecular weight excluding hydrogens is 296 g/mol. The summed E-state index contributed by atoms with van der Waals surface area (Å²) < 4.78 is 0. The third kappa shape index (κ3) is 2.08. The third-order valence-electron chi connectivity index (χ3n) is 8.95. The van der Waals surface area contributed by atoms with Crippen LogP contribution in [0.5, 0.6) is 0 Å². The van der Waals surface area contributed by atoms with Gasteiger partial charge in [-0.1, -0.05) is 32.8 Å². The lowest BCUT2D eigenvalue weighted by molar-refractivity contribution is -0.132. The van der Waals surface area contributed by atoms with Crippen LogP contribution in [0.25, 0.3) is 0 Å². The molecule has 0 bridgehead atoms. The molecule has 3 fully saturated rings. The standard InChI is InChI=1S/C22H34O2/c1-4-10-22(24)13-9-19-17-6-5-15-14-16(23)7-11-20(15,2)18(17)8-12-21(19,22)3/h14,17-19,24H,4-13H2,1-3H3/t17?,18-,19-,20?,21?,22-/m0/s1. The lowest BCUT2D eigenvalue weighted by Gasteiger charge is -2.59. The number of hydrogen-bond donors (Lipinski definition) is 1. The van der Waals surface area contributed by atoms with Gasteiger partial charge in [0.25, 0.3) is 0 Å². The summed E-state index contributed by atoms with van der Waals surface area (Å²) in [6.45, 7) is 7.05. The number of carbonyl (C=O) groups is 1. The van der Waals surface area contributed by atoms with Gasteiger partial charge in [0.2, 0.25) is 0 Å². The summed E-state index contributed by atoms with van der Waals surface area (Å²) in [5.41, 5.74) is 1.39. The molecule has 0 radical (unpaired) electrons. The van der Waals surface area contributed by atoms with E-state index in [9.17, 15) is 9.90 Å². The fraction of sp³-hybridized carbons (Fsp3) is 0.864. The van der Waals surface area contributed by atoms with Crippen LogP contribution in [-0.2, 0) is 4.79 Å². The van der Waals surface area contributed by atoms with Gasteiger partial charge in [0.15, 0.2) is 5.78 Å². The number of fused-ring (bicyclic) bond motifs is 5. The smallest absolute Gasteiger partial charge is 0.155 e. The zero-order chi connectivity index (χ0) is 17.2. The average Bonchev–Trinajstić information content (AvgIpc) is 2.80. The van der Waals surface area contributed by atoms with Gasteiger partial charge in [-0.05, 0) is 86.0 Å². The zero-order valence-corrected chi connectivity index (χ0v) is 15.7. The van der Waals surface area contributed by atoms with Crippen LogP contribution in [0.3, 0.4) is 0 Å². The first-order valence-corrected chi connectivity index (χ1v) is 10.3. The Morgan fingerprint density at radius 1 is 1.08 bits per heavy atom. The molecule has 3 saturated carbocycles.